The van der Waals surface area contributed by atoms with Crippen molar-refractivity contribution in [2.75, 3.05) is 0 Å². The van der Waals surface area contributed by atoms with Gasteiger partial charge in [-0.1, -0.05) is 19.1 Å². The van der Waals surface area contributed by atoms with Crippen molar-refractivity contribution in [3.63, 3.8) is 0 Å². The second-order valence-corrected chi connectivity index (χ2v) is 7.35. The van der Waals surface area contributed by atoms with Gasteiger partial charge in [-0.25, -0.2) is 18.4 Å². The highest BCUT2D eigenvalue weighted by Gasteiger charge is 2.50. The molecule has 154 valence electrons. The molecule has 4 rings (SSSR count). The van der Waals surface area contributed by atoms with E-state index in [1.54, 1.807) is 12.1 Å². The second kappa shape index (κ2) is 7.05. The maximum Gasteiger partial charge on any atom is 0.336 e. The Balaban J connectivity index is 1.74. The molecule has 2 aromatic carbocycles. The van der Waals surface area contributed by atoms with Crippen LogP contribution in [0.1, 0.15) is 30.5 Å². The largest absolute Gasteiger partial charge is 0.423 e. The van der Waals surface area contributed by atoms with Crippen LogP contribution in [0.2, 0.25) is 0 Å². The van der Waals surface area contributed by atoms with Gasteiger partial charge in [0.15, 0.2) is 0 Å². The maximum absolute atomic E-state index is 14.3. The summed E-state index contributed by atoms with van der Waals surface area (Å²) in [6.07, 6.45) is 0.744. The average Bonchev–Trinajstić information content (AvgIpc) is 2.92. The van der Waals surface area contributed by atoms with Gasteiger partial charge in [0, 0.05) is 17.0 Å². The Kier molecular flexibility index (Phi) is 4.64. The molecule has 8 heteroatoms. The molecule has 1 aliphatic heterocycles. The number of nitrogens with one attached hydrogen (secondary N) is 1. The zero-order valence-corrected chi connectivity index (χ0v) is 16.3. The van der Waals surface area contributed by atoms with Crippen LogP contribution in [-0.4, -0.2) is 16.8 Å². The molecular weight excluding hydrogens is 394 g/mol. The third kappa shape index (κ3) is 3.14. The van der Waals surface area contributed by atoms with E-state index >= 15 is 0 Å². The molecule has 0 bridgehead atoms. The van der Waals surface area contributed by atoms with Crippen LogP contribution in [0, 0.1) is 11.6 Å². The lowest BCUT2D eigenvalue weighted by atomic mass is 9.91. The number of fused-ring (bicyclic) bond motifs is 1. The van der Waals surface area contributed by atoms with Gasteiger partial charge in [0.2, 0.25) is 0 Å². The number of rotatable bonds is 4. The highest BCUT2D eigenvalue weighted by molar-refractivity contribution is 6.07. The van der Waals surface area contributed by atoms with E-state index in [0.717, 1.165) is 35.1 Å². The van der Waals surface area contributed by atoms with Gasteiger partial charge < -0.3 is 9.73 Å². The molecule has 1 atom stereocenters. The molecule has 1 saturated heterocycles. The zero-order valence-electron chi connectivity index (χ0n) is 16.3. The molecule has 0 radical (unpaired) electrons. The van der Waals surface area contributed by atoms with E-state index in [1.165, 1.54) is 13.0 Å². The Bertz CT molecular complexity index is 1250. The summed E-state index contributed by atoms with van der Waals surface area (Å²) >= 11 is 0. The number of urea groups is 1. The number of imide groups is 1. The van der Waals surface area contributed by atoms with Crippen molar-refractivity contribution >= 4 is 22.9 Å². The van der Waals surface area contributed by atoms with E-state index in [4.69, 9.17) is 4.42 Å². The molecule has 1 fully saturated rings. The van der Waals surface area contributed by atoms with Crippen molar-refractivity contribution in [2.24, 2.45) is 0 Å². The van der Waals surface area contributed by atoms with Gasteiger partial charge in [-0.15, -0.1) is 0 Å². The quantitative estimate of drug-likeness (QED) is 0.525. The Morgan fingerprint density at radius 3 is 2.57 bits per heavy atom. The molecule has 0 spiro atoms. The Morgan fingerprint density at radius 2 is 1.83 bits per heavy atom. The predicted octanol–water partition coefficient (Wildman–Crippen LogP) is 3.60. The normalized spacial score (nSPS) is 18.9. The highest BCUT2D eigenvalue weighted by atomic mass is 19.1. The minimum Gasteiger partial charge on any atom is -0.423 e. The van der Waals surface area contributed by atoms with Crippen LogP contribution in [-0.2, 0) is 23.3 Å². The fraction of sp³-hybridized carbons (Fsp3) is 0.227. The fourth-order valence-corrected chi connectivity index (χ4v) is 3.70. The number of carbonyl (C=O) groups is 2. The van der Waals surface area contributed by atoms with Crippen LogP contribution in [0.15, 0.2) is 51.7 Å². The van der Waals surface area contributed by atoms with Gasteiger partial charge in [0.25, 0.3) is 5.91 Å². The van der Waals surface area contributed by atoms with Gasteiger partial charge >= 0.3 is 11.7 Å². The summed E-state index contributed by atoms with van der Waals surface area (Å²) < 4.78 is 33.2. The molecule has 3 amide bonds. The third-order valence-corrected chi connectivity index (χ3v) is 5.37. The smallest absolute Gasteiger partial charge is 0.336 e. The number of hydrogen-bond acceptors (Lipinski definition) is 4. The van der Waals surface area contributed by atoms with E-state index < -0.39 is 34.7 Å². The van der Waals surface area contributed by atoms with E-state index in [1.807, 2.05) is 13.0 Å². The first-order valence-electron chi connectivity index (χ1n) is 9.38. The summed E-state index contributed by atoms with van der Waals surface area (Å²) in [6, 6.07) is 8.53. The third-order valence-electron chi connectivity index (χ3n) is 5.37. The first-order chi connectivity index (χ1) is 14.2. The van der Waals surface area contributed by atoms with Crippen LogP contribution in [0.25, 0.3) is 11.0 Å². The van der Waals surface area contributed by atoms with Gasteiger partial charge in [-0.05, 0) is 48.7 Å². The summed E-state index contributed by atoms with van der Waals surface area (Å²) in [5.74, 6) is -2.29. The predicted molar refractivity (Wildman–Crippen MR) is 105 cm³/mol. The first kappa shape index (κ1) is 19.8. The van der Waals surface area contributed by atoms with Crippen molar-refractivity contribution < 1.29 is 22.8 Å². The Hall–Kier alpha value is -3.55. The summed E-state index contributed by atoms with van der Waals surface area (Å²) in [5.41, 5.74) is -0.926. The lowest BCUT2D eigenvalue weighted by Gasteiger charge is -2.23. The first-order valence-corrected chi connectivity index (χ1v) is 9.38. The summed E-state index contributed by atoms with van der Waals surface area (Å²) in [5, 5.41) is 3.03. The van der Waals surface area contributed by atoms with Crippen molar-refractivity contribution in [1.82, 2.24) is 10.2 Å². The number of hydrogen-bond donors (Lipinski definition) is 1. The number of halogens is 2. The minimum absolute atomic E-state index is 0.217. The van der Waals surface area contributed by atoms with Crippen LogP contribution in [0.5, 0.6) is 0 Å². The monoisotopic (exact) mass is 412 g/mol. The maximum atomic E-state index is 14.3. The Morgan fingerprint density at radius 1 is 1.07 bits per heavy atom. The highest BCUT2D eigenvalue weighted by Crippen LogP contribution is 2.32. The van der Waals surface area contributed by atoms with Gasteiger partial charge in [-0.2, -0.15) is 0 Å². The van der Waals surface area contributed by atoms with E-state index in [2.05, 4.69) is 5.32 Å². The number of benzene rings is 2. The molecular formula is C22H18F2N2O4. The topological polar surface area (TPSA) is 79.6 Å². The zero-order chi connectivity index (χ0) is 21.6. The van der Waals surface area contributed by atoms with Crippen molar-refractivity contribution in [3.8, 4) is 0 Å². The summed E-state index contributed by atoms with van der Waals surface area (Å²) in [7, 11) is 0. The molecule has 1 aliphatic rings. The van der Waals surface area contributed by atoms with E-state index in [-0.39, 0.29) is 12.1 Å². The lowest BCUT2D eigenvalue weighted by Crippen LogP contribution is -2.41. The van der Waals surface area contributed by atoms with Crippen molar-refractivity contribution in [2.45, 2.75) is 32.4 Å². The van der Waals surface area contributed by atoms with Crippen LogP contribution in [0.3, 0.4) is 0 Å². The molecule has 3 aromatic rings. The number of carbonyl (C=O) groups excluding carboxylic acids is 2. The molecule has 6 nitrogen and oxygen atoms in total. The lowest BCUT2D eigenvalue weighted by molar-refractivity contribution is -0.131. The molecule has 0 aliphatic carbocycles. The van der Waals surface area contributed by atoms with Crippen molar-refractivity contribution in [3.05, 3.63) is 81.2 Å². The van der Waals surface area contributed by atoms with E-state index in [9.17, 15) is 23.2 Å². The van der Waals surface area contributed by atoms with Gasteiger partial charge in [0.1, 0.15) is 22.8 Å². The minimum atomic E-state index is -1.77. The number of nitrogens with zero attached hydrogens (tertiary/aromatic N) is 1. The summed E-state index contributed by atoms with van der Waals surface area (Å²) in [6.45, 7) is 3.06. The molecule has 30 heavy (non-hydrogen) atoms. The van der Waals surface area contributed by atoms with Gasteiger partial charge in [0.05, 0.1) is 6.54 Å². The standard InChI is InChI=1S/C22H18F2N2O4/c1-3-12-4-6-15-13(9-19(27)30-18(15)8-12)11-26-20(28)22(2,25-21(26)29)16-10-14(23)5-7-17(16)24/h4-10H,3,11H2,1-2H3,(H,25,29)/t22-/m1/s1. The molecule has 2 heterocycles. The molecule has 1 N–H and O–H groups in total. The summed E-state index contributed by atoms with van der Waals surface area (Å²) in [4.78, 5) is 38.5. The SMILES string of the molecule is CCc1ccc2c(CN3C(=O)N[C@](C)(c4cc(F)ccc4F)C3=O)cc(=O)oc2c1. The molecule has 0 unspecified atom stereocenters. The van der Waals surface area contributed by atoms with E-state index in [0.29, 0.717) is 16.5 Å². The van der Waals surface area contributed by atoms with Crippen LogP contribution >= 0.6 is 0 Å². The van der Waals surface area contributed by atoms with Crippen LogP contribution < -0.4 is 10.9 Å². The second-order valence-electron chi connectivity index (χ2n) is 7.35. The average molecular weight is 412 g/mol. The fourth-order valence-electron chi connectivity index (χ4n) is 3.70. The molecule has 0 saturated carbocycles. The Labute approximate surface area is 170 Å². The number of amides is 3. The molecule has 1 aromatic heterocycles. The van der Waals surface area contributed by atoms with Crippen molar-refractivity contribution in [1.29, 1.82) is 0 Å². The van der Waals surface area contributed by atoms with Crippen LogP contribution in [0.4, 0.5) is 13.6 Å². The van der Waals surface area contributed by atoms with Gasteiger partial charge in [-0.3, -0.25) is 9.69 Å². The number of aryl methyl sites for hydroxylation is 1.